The van der Waals surface area contributed by atoms with Gasteiger partial charge in [0.2, 0.25) is 0 Å². The van der Waals surface area contributed by atoms with Gasteiger partial charge in [0.05, 0.1) is 6.26 Å². The summed E-state index contributed by atoms with van der Waals surface area (Å²) in [7, 11) is 0. The Hall–Kier alpha value is -1.33. The van der Waals surface area contributed by atoms with Gasteiger partial charge in [0, 0.05) is 25.7 Å². The number of rotatable bonds is 7. The van der Waals surface area contributed by atoms with Crippen LogP contribution in [0.15, 0.2) is 22.8 Å². The molecule has 0 spiro atoms. The summed E-state index contributed by atoms with van der Waals surface area (Å²) >= 11 is 0. The van der Waals surface area contributed by atoms with Crippen molar-refractivity contribution < 1.29 is 9.21 Å². The Morgan fingerprint density at radius 2 is 2.26 bits per heavy atom. The lowest BCUT2D eigenvalue weighted by atomic mass is 9.75. The van der Waals surface area contributed by atoms with Crippen LogP contribution in [0.5, 0.6) is 0 Å². The molecule has 3 aliphatic heterocycles. The van der Waals surface area contributed by atoms with Gasteiger partial charge in [-0.2, -0.15) is 0 Å². The van der Waals surface area contributed by atoms with E-state index in [1.54, 1.807) is 18.4 Å². The quantitative estimate of drug-likeness (QED) is 0.836. The van der Waals surface area contributed by atoms with Crippen molar-refractivity contribution in [3.8, 4) is 0 Å². The first-order valence-electron chi connectivity index (χ1n) is 8.99. The number of piperidine rings is 3. The van der Waals surface area contributed by atoms with Crippen molar-refractivity contribution in [3.05, 3.63) is 24.2 Å². The first-order valence-corrected chi connectivity index (χ1v) is 8.99. The van der Waals surface area contributed by atoms with Crippen LogP contribution in [0.25, 0.3) is 0 Å². The maximum absolute atomic E-state index is 12.0. The van der Waals surface area contributed by atoms with Gasteiger partial charge < -0.3 is 14.6 Å². The maximum Gasteiger partial charge on any atom is 0.287 e. The van der Waals surface area contributed by atoms with Crippen molar-refractivity contribution in [2.75, 3.05) is 39.3 Å². The molecule has 23 heavy (non-hydrogen) atoms. The van der Waals surface area contributed by atoms with Crippen LogP contribution in [-0.4, -0.2) is 61.0 Å². The van der Waals surface area contributed by atoms with Crippen molar-refractivity contribution in [2.24, 2.45) is 11.8 Å². The van der Waals surface area contributed by atoms with E-state index in [1.807, 2.05) is 0 Å². The second-order valence-corrected chi connectivity index (χ2v) is 6.87. The molecule has 1 aromatic rings. The van der Waals surface area contributed by atoms with Crippen LogP contribution < -0.4 is 5.32 Å². The molecule has 1 amide bonds. The van der Waals surface area contributed by atoms with Gasteiger partial charge in [0.25, 0.3) is 5.91 Å². The summed E-state index contributed by atoms with van der Waals surface area (Å²) in [5, 5.41) is 3.03. The molecule has 3 saturated heterocycles. The van der Waals surface area contributed by atoms with E-state index in [9.17, 15) is 4.79 Å². The standard InChI is InChI=1S/C18H29N3O2/c1-3-20(4-2)12-15-13-21-8-7-14(15)10-16(21)11-19-18(22)17-6-5-9-23-17/h5-6,9,14-16H,3-4,7-8,10-13H2,1-2H3,(H,19,22)/t14-,15+,16+/m0/s1. The summed E-state index contributed by atoms with van der Waals surface area (Å²) in [5.41, 5.74) is 0. The summed E-state index contributed by atoms with van der Waals surface area (Å²) in [6.45, 7) is 11.1. The Morgan fingerprint density at radius 3 is 2.87 bits per heavy atom. The van der Waals surface area contributed by atoms with E-state index in [-0.39, 0.29) is 5.91 Å². The molecule has 0 radical (unpaired) electrons. The summed E-state index contributed by atoms with van der Waals surface area (Å²) in [6, 6.07) is 3.95. The van der Waals surface area contributed by atoms with Crippen molar-refractivity contribution >= 4 is 5.91 Å². The first kappa shape index (κ1) is 16.5. The Kier molecular flexibility index (Phi) is 5.38. The summed E-state index contributed by atoms with van der Waals surface area (Å²) in [5.74, 6) is 1.91. The van der Waals surface area contributed by atoms with E-state index < -0.39 is 0 Å². The molecule has 1 aromatic heterocycles. The SMILES string of the molecule is CCN(CC)C[C@@H]1CN2CC[C@H]1C[C@@H]2CNC(=O)c1ccco1. The van der Waals surface area contributed by atoms with Crippen molar-refractivity contribution in [3.63, 3.8) is 0 Å². The Balaban J connectivity index is 1.50. The lowest BCUT2D eigenvalue weighted by molar-refractivity contribution is -0.0105. The maximum atomic E-state index is 12.0. The third kappa shape index (κ3) is 3.78. The van der Waals surface area contributed by atoms with Crippen LogP contribution in [0.1, 0.15) is 37.2 Å². The number of nitrogens with zero attached hydrogens (tertiary/aromatic N) is 2. The fourth-order valence-electron chi connectivity index (χ4n) is 4.19. The van der Waals surface area contributed by atoms with Crippen molar-refractivity contribution in [1.82, 2.24) is 15.1 Å². The fraction of sp³-hybridized carbons (Fsp3) is 0.722. The number of nitrogens with one attached hydrogen (secondary N) is 1. The molecule has 0 saturated carbocycles. The van der Waals surface area contributed by atoms with Gasteiger partial charge in [-0.1, -0.05) is 13.8 Å². The highest BCUT2D eigenvalue weighted by molar-refractivity contribution is 5.91. The third-order valence-electron chi connectivity index (χ3n) is 5.64. The topological polar surface area (TPSA) is 48.7 Å². The molecule has 3 aliphatic rings. The molecule has 0 aliphatic carbocycles. The van der Waals surface area contributed by atoms with E-state index in [0.29, 0.717) is 11.8 Å². The lowest BCUT2D eigenvalue weighted by Gasteiger charge is -2.50. The van der Waals surface area contributed by atoms with E-state index in [1.165, 1.54) is 32.5 Å². The number of carbonyl (C=O) groups excluding carboxylic acids is 1. The highest BCUT2D eigenvalue weighted by atomic mass is 16.3. The Morgan fingerprint density at radius 1 is 1.43 bits per heavy atom. The molecule has 2 bridgehead atoms. The largest absolute Gasteiger partial charge is 0.459 e. The molecule has 4 atom stereocenters. The first-order chi connectivity index (χ1) is 11.2. The molecular formula is C18H29N3O2. The number of fused-ring (bicyclic) bond motifs is 3. The molecule has 5 heteroatoms. The van der Waals surface area contributed by atoms with E-state index in [2.05, 4.69) is 29.0 Å². The lowest BCUT2D eigenvalue weighted by Crippen LogP contribution is -2.58. The number of carbonyl (C=O) groups is 1. The minimum atomic E-state index is -0.0997. The normalized spacial score (nSPS) is 29.9. The average molecular weight is 319 g/mol. The molecule has 5 nitrogen and oxygen atoms in total. The van der Waals surface area contributed by atoms with Gasteiger partial charge in [-0.05, 0) is 56.4 Å². The van der Waals surface area contributed by atoms with Crippen LogP contribution in [0.2, 0.25) is 0 Å². The summed E-state index contributed by atoms with van der Waals surface area (Å²) < 4.78 is 5.15. The van der Waals surface area contributed by atoms with Gasteiger partial charge in [-0.25, -0.2) is 0 Å². The molecule has 0 aromatic carbocycles. The van der Waals surface area contributed by atoms with Gasteiger partial charge in [-0.3, -0.25) is 9.69 Å². The summed E-state index contributed by atoms with van der Waals surface area (Å²) in [4.78, 5) is 17.1. The van der Waals surface area contributed by atoms with Crippen molar-refractivity contribution in [2.45, 2.75) is 32.7 Å². The van der Waals surface area contributed by atoms with E-state index in [0.717, 1.165) is 31.5 Å². The highest BCUT2D eigenvalue weighted by Gasteiger charge is 2.40. The van der Waals surface area contributed by atoms with Crippen LogP contribution >= 0.6 is 0 Å². The second-order valence-electron chi connectivity index (χ2n) is 6.87. The van der Waals surface area contributed by atoms with Gasteiger partial charge in [-0.15, -0.1) is 0 Å². The summed E-state index contributed by atoms with van der Waals surface area (Å²) in [6.07, 6.45) is 4.07. The Labute approximate surface area is 139 Å². The van der Waals surface area contributed by atoms with Gasteiger partial charge >= 0.3 is 0 Å². The smallest absolute Gasteiger partial charge is 0.287 e. The molecule has 128 valence electrons. The number of hydrogen-bond donors (Lipinski definition) is 1. The number of hydrogen-bond acceptors (Lipinski definition) is 4. The minimum Gasteiger partial charge on any atom is -0.459 e. The number of furan rings is 1. The predicted molar refractivity (Wildman–Crippen MR) is 90.4 cm³/mol. The van der Waals surface area contributed by atoms with Crippen LogP contribution in [0, 0.1) is 11.8 Å². The zero-order chi connectivity index (χ0) is 16.2. The van der Waals surface area contributed by atoms with E-state index in [4.69, 9.17) is 4.42 Å². The zero-order valence-electron chi connectivity index (χ0n) is 14.3. The molecule has 4 rings (SSSR count). The van der Waals surface area contributed by atoms with Crippen LogP contribution in [-0.2, 0) is 0 Å². The van der Waals surface area contributed by atoms with Gasteiger partial charge in [0.1, 0.15) is 0 Å². The Bertz CT molecular complexity index is 498. The molecule has 1 N–H and O–H groups in total. The second kappa shape index (κ2) is 7.49. The molecule has 1 unspecified atom stereocenters. The monoisotopic (exact) mass is 319 g/mol. The minimum absolute atomic E-state index is 0.0997. The molecular weight excluding hydrogens is 290 g/mol. The van der Waals surface area contributed by atoms with E-state index >= 15 is 0 Å². The number of amides is 1. The highest BCUT2D eigenvalue weighted by Crippen LogP contribution is 2.36. The third-order valence-corrected chi connectivity index (χ3v) is 5.64. The average Bonchev–Trinajstić information content (AvgIpc) is 3.13. The van der Waals surface area contributed by atoms with Crippen molar-refractivity contribution in [1.29, 1.82) is 0 Å². The predicted octanol–water partition coefficient (Wildman–Crippen LogP) is 2.06. The van der Waals surface area contributed by atoms with Crippen LogP contribution in [0.4, 0.5) is 0 Å². The zero-order valence-corrected chi connectivity index (χ0v) is 14.3. The van der Waals surface area contributed by atoms with Crippen LogP contribution in [0.3, 0.4) is 0 Å². The van der Waals surface area contributed by atoms with Gasteiger partial charge in [0.15, 0.2) is 5.76 Å². The molecule has 3 fully saturated rings. The molecule has 4 heterocycles. The fourth-order valence-corrected chi connectivity index (χ4v) is 4.19.